The highest BCUT2D eigenvalue weighted by molar-refractivity contribution is 5.73. The number of ether oxygens (including phenoxy) is 1. The lowest BCUT2D eigenvalue weighted by molar-refractivity contribution is -0.142. The van der Waals surface area contributed by atoms with E-state index < -0.39 is 5.97 Å². The van der Waals surface area contributed by atoms with Crippen molar-refractivity contribution in [2.45, 2.75) is 31.7 Å². The van der Waals surface area contributed by atoms with E-state index in [2.05, 4.69) is 17.0 Å². The van der Waals surface area contributed by atoms with Crippen molar-refractivity contribution in [1.29, 1.82) is 0 Å². The maximum atomic E-state index is 11.1. The third kappa shape index (κ3) is 2.59. The van der Waals surface area contributed by atoms with Crippen molar-refractivity contribution in [3.05, 3.63) is 29.3 Å². The van der Waals surface area contributed by atoms with Crippen LogP contribution in [0, 0.1) is 0 Å². The average Bonchev–Trinajstić information content (AvgIpc) is 3.04. The summed E-state index contributed by atoms with van der Waals surface area (Å²) in [6, 6.07) is 6.05. The highest BCUT2D eigenvalue weighted by Gasteiger charge is 2.29. The maximum Gasteiger partial charge on any atom is 0.320 e. The van der Waals surface area contributed by atoms with Crippen LogP contribution in [-0.4, -0.2) is 41.7 Å². The minimum Gasteiger partial charge on any atom is -0.493 e. The van der Waals surface area contributed by atoms with Gasteiger partial charge in [0.1, 0.15) is 11.8 Å². The smallest absolute Gasteiger partial charge is 0.320 e. The number of fused-ring (bicyclic) bond motifs is 1. The van der Waals surface area contributed by atoms with E-state index in [4.69, 9.17) is 9.84 Å². The second-order valence-corrected chi connectivity index (χ2v) is 5.32. The number of carboxylic acid groups (broad SMARTS) is 1. The van der Waals surface area contributed by atoms with Gasteiger partial charge in [0.15, 0.2) is 0 Å². The molecule has 0 amide bonds. The molecule has 3 rings (SSSR count). The van der Waals surface area contributed by atoms with Gasteiger partial charge < -0.3 is 9.84 Å². The van der Waals surface area contributed by atoms with Crippen LogP contribution in [0.25, 0.3) is 0 Å². The first-order chi connectivity index (χ1) is 9.24. The summed E-state index contributed by atoms with van der Waals surface area (Å²) in [6.07, 6.45) is 3.68. The molecule has 1 saturated heterocycles. The van der Waals surface area contributed by atoms with Crippen LogP contribution in [0.15, 0.2) is 18.2 Å². The fraction of sp³-hybridized carbons (Fsp3) is 0.533. The fourth-order valence-corrected chi connectivity index (χ4v) is 3.04. The van der Waals surface area contributed by atoms with Gasteiger partial charge in [0.25, 0.3) is 0 Å². The molecule has 0 spiro atoms. The van der Waals surface area contributed by atoms with Gasteiger partial charge >= 0.3 is 5.97 Å². The lowest BCUT2D eigenvalue weighted by Gasteiger charge is -2.20. The molecular weight excluding hydrogens is 242 g/mol. The van der Waals surface area contributed by atoms with Crippen LogP contribution in [0.1, 0.15) is 24.0 Å². The van der Waals surface area contributed by atoms with Gasteiger partial charge in [-0.05, 0) is 43.0 Å². The lowest BCUT2D eigenvalue weighted by Crippen LogP contribution is -2.37. The maximum absolute atomic E-state index is 11.1. The third-order valence-electron chi connectivity index (χ3n) is 4.09. The quantitative estimate of drug-likeness (QED) is 0.896. The van der Waals surface area contributed by atoms with E-state index in [9.17, 15) is 4.79 Å². The van der Waals surface area contributed by atoms with Gasteiger partial charge in [-0.1, -0.05) is 12.1 Å². The Balaban J connectivity index is 1.61. The minimum absolute atomic E-state index is 0.280. The van der Waals surface area contributed by atoms with Crippen LogP contribution >= 0.6 is 0 Å². The molecule has 1 aromatic rings. The molecule has 19 heavy (non-hydrogen) atoms. The largest absolute Gasteiger partial charge is 0.493 e. The Hall–Kier alpha value is -1.55. The Bertz CT molecular complexity index is 486. The van der Waals surface area contributed by atoms with E-state index in [-0.39, 0.29) is 6.04 Å². The zero-order valence-electron chi connectivity index (χ0n) is 11.0. The molecule has 2 aliphatic heterocycles. The summed E-state index contributed by atoms with van der Waals surface area (Å²) in [7, 11) is 0. The zero-order valence-corrected chi connectivity index (χ0v) is 11.0. The Kier molecular flexibility index (Phi) is 3.42. The number of hydrogen-bond donors (Lipinski definition) is 1. The zero-order chi connectivity index (χ0) is 13.2. The molecule has 102 valence electrons. The molecule has 1 aromatic carbocycles. The second kappa shape index (κ2) is 5.21. The summed E-state index contributed by atoms with van der Waals surface area (Å²) < 4.78 is 5.49. The number of carbonyl (C=O) groups is 1. The molecule has 0 saturated carbocycles. The average molecular weight is 261 g/mol. The monoisotopic (exact) mass is 261 g/mol. The predicted molar refractivity (Wildman–Crippen MR) is 71.6 cm³/mol. The Morgan fingerprint density at radius 3 is 3.21 bits per heavy atom. The van der Waals surface area contributed by atoms with Crippen molar-refractivity contribution >= 4 is 5.97 Å². The van der Waals surface area contributed by atoms with Gasteiger partial charge in [0.2, 0.25) is 0 Å². The van der Waals surface area contributed by atoms with Gasteiger partial charge in [-0.3, -0.25) is 9.69 Å². The first kappa shape index (κ1) is 12.5. The Morgan fingerprint density at radius 1 is 1.47 bits per heavy atom. The van der Waals surface area contributed by atoms with Crippen molar-refractivity contribution in [2.24, 2.45) is 0 Å². The molecule has 2 aliphatic rings. The van der Waals surface area contributed by atoms with E-state index in [1.807, 2.05) is 6.07 Å². The van der Waals surface area contributed by atoms with Crippen LogP contribution in [0.4, 0.5) is 0 Å². The van der Waals surface area contributed by atoms with Crippen molar-refractivity contribution in [1.82, 2.24) is 4.90 Å². The van der Waals surface area contributed by atoms with Gasteiger partial charge in [0.05, 0.1) is 6.61 Å². The summed E-state index contributed by atoms with van der Waals surface area (Å²) in [4.78, 5) is 13.2. The molecular formula is C15H19NO3. The number of carboxylic acids is 1. The summed E-state index contributed by atoms with van der Waals surface area (Å²) in [5.41, 5.74) is 2.56. The van der Waals surface area contributed by atoms with Crippen LogP contribution < -0.4 is 4.74 Å². The van der Waals surface area contributed by atoms with Crippen LogP contribution in [-0.2, 0) is 17.6 Å². The van der Waals surface area contributed by atoms with Crippen LogP contribution in [0.5, 0.6) is 5.75 Å². The molecule has 4 nitrogen and oxygen atoms in total. The molecule has 0 radical (unpaired) electrons. The standard InChI is InChI=1S/C15H19NO3/c17-15(18)13-2-1-7-16(13)8-5-11-3-4-14-12(10-11)6-9-19-14/h3-4,10,13H,1-2,5-9H2,(H,17,18)/t13-/m0/s1. The van der Waals surface area contributed by atoms with E-state index in [1.165, 1.54) is 11.1 Å². The van der Waals surface area contributed by atoms with E-state index >= 15 is 0 Å². The summed E-state index contributed by atoms with van der Waals surface area (Å²) in [6.45, 7) is 2.52. The number of rotatable bonds is 4. The van der Waals surface area contributed by atoms with Crippen molar-refractivity contribution in [3.63, 3.8) is 0 Å². The molecule has 0 bridgehead atoms. The molecule has 1 fully saturated rings. The summed E-state index contributed by atoms with van der Waals surface area (Å²) >= 11 is 0. The van der Waals surface area contributed by atoms with Gasteiger partial charge in [-0.15, -0.1) is 0 Å². The molecule has 0 aliphatic carbocycles. The Labute approximate surface area is 113 Å². The normalized spacial score (nSPS) is 22.2. The third-order valence-corrected chi connectivity index (χ3v) is 4.09. The number of hydrogen-bond acceptors (Lipinski definition) is 3. The number of benzene rings is 1. The second-order valence-electron chi connectivity index (χ2n) is 5.32. The SMILES string of the molecule is O=C(O)[C@@H]1CCCN1CCc1ccc2c(c1)CCO2. The molecule has 4 heteroatoms. The van der Waals surface area contributed by atoms with Crippen molar-refractivity contribution < 1.29 is 14.6 Å². The van der Waals surface area contributed by atoms with Crippen molar-refractivity contribution in [3.8, 4) is 5.75 Å². The van der Waals surface area contributed by atoms with Crippen LogP contribution in [0.3, 0.4) is 0 Å². The molecule has 1 atom stereocenters. The van der Waals surface area contributed by atoms with Gasteiger partial charge in [-0.2, -0.15) is 0 Å². The first-order valence-electron chi connectivity index (χ1n) is 6.95. The van der Waals surface area contributed by atoms with Crippen LogP contribution in [0.2, 0.25) is 0 Å². The topological polar surface area (TPSA) is 49.8 Å². The van der Waals surface area contributed by atoms with Gasteiger partial charge in [0, 0.05) is 13.0 Å². The fourth-order valence-electron chi connectivity index (χ4n) is 3.04. The van der Waals surface area contributed by atoms with E-state index in [0.717, 1.165) is 51.1 Å². The number of likely N-dealkylation sites (tertiary alicyclic amines) is 1. The number of aliphatic carboxylic acids is 1. The minimum atomic E-state index is -0.681. The first-order valence-corrected chi connectivity index (χ1v) is 6.95. The highest BCUT2D eigenvalue weighted by atomic mass is 16.5. The molecule has 2 heterocycles. The van der Waals surface area contributed by atoms with Gasteiger partial charge in [-0.25, -0.2) is 0 Å². The molecule has 0 aromatic heterocycles. The van der Waals surface area contributed by atoms with Crippen molar-refractivity contribution in [2.75, 3.05) is 19.7 Å². The molecule has 0 unspecified atom stereocenters. The Morgan fingerprint density at radius 2 is 2.37 bits per heavy atom. The number of nitrogens with zero attached hydrogens (tertiary/aromatic N) is 1. The van der Waals surface area contributed by atoms with E-state index in [1.54, 1.807) is 0 Å². The summed E-state index contributed by atoms with van der Waals surface area (Å²) in [5.74, 6) is 0.327. The summed E-state index contributed by atoms with van der Waals surface area (Å²) in [5, 5.41) is 9.15. The predicted octanol–water partition coefficient (Wildman–Crippen LogP) is 1.71. The van der Waals surface area contributed by atoms with E-state index in [0.29, 0.717) is 0 Å². The molecule has 1 N–H and O–H groups in total. The highest BCUT2D eigenvalue weighted by Crippen LogP contribution is 2.26. The lowest BCUT2D eigenvalue weighted by atomic mass is 10.1.